The Morgan fingerprint density at radius 2 is 2.17 bits per heavy atom. The van der Waals surface area contributed by atoms with E-state index in [1.807, 2.05) is 18.3 Å². The Hall–Kier alpha value is -1.45. The first-order valence-electron chi connectivity index (χ1n) is 6.31. The second-order valence-corrected chi connectivity index (χ2v) is 4.74. The quantitative estimate of drug-likeness (QED) is 0.879. The summed E-state index contributed by atoms with van der Waals surface area (Å²) in [4.78, 5) is 4.32. The molecule has 2 aromatic rings. The van der Waals surface area contributed by atoms with Crippen molar-refractivity contribution in [2.24, 2.45) is 11.7 Å². The lowest BCUT2D eigenvalue weighted by atomic mass is 9.92. The van der Waals surface area contributed by atoms with Gasteiger partial charge in [-0.15, -0.1) is 0 Å². The Balaban J connectivity index is 2.19. The van der Waals surface area contributed by atoms with Crippen molar-refractivity contribution < 1.29 is 4.74 Å². The van der Waals surface area contributed by atoms with Crippen LogP contribution < -0.4 is 5.73 Å². The fourth-order valence-electron chi connectivity index (χ4n) is 2.11. The van der Waals surface area contributed by atoms with Gasteiger partial charge in [-0.05, 0) is 36.1 Å². The van der Waals surface area contributed by atoms with E-state index in [0.29, 0.717) is 5.92 Å². The summed E-state index contributed by atoms with van der Waals surface area (Å²) in [5, 5.41) is 1.14. The highest BCUT2D eigenvalue weighted by molar-refractivity contribution is 5.79. The van der Waals surface area contributed by atoms with Gasteiger partial charge in [-0.3, -0.25) is 4.98 Å². The molecule has 0 bridgehead atoms. The fraction of sp³-hybridized carbons (Fsp3) is 0.400. The van der Waals surface area contributed by atoms with Crippen LogP contribution in [-0.4, -0.2) is 18.7 Å². The highest BCUT2D eigenvalue weighted by atomic mass is 16.5. The number of benzene rings is 1. The van der Waals surface area contributed by atoms with E-state index in [0.717, 1.165) is 23.9 Å². The third-order valence-electron chi connectivity index (χ3n) is 3.40. The van der Waals surface area contributed by atoms with E-state index in [4.69, 9.17) is 10.5 Å². The molecule has 1 aromatic carbocycles. The van der Waals surface area contributed by atoms with E-state index in [1.54, 1.807) is 7.11 Å². The van der Waals surface area contributed by atoms with Crippen molar-refractivity contribution in [1.82, 2.24) is 4.98 Å². The van der Waals surface area contributed by atoms with E-state index in [9.17, 15) is 0 Å². The van der Waals surface area contributed by atoms with Crippen molar-refractivity contribution in [2.75, 3.05) is 13.7 Å². The summed E-state index contributed by atoms with van der Waals surface area (Å²) in [6, 6.07) is 10.3. The van der Waals surface area contributed by atoms with Crippen LogP contribution in [-0.2, 0) is 4.74 Å². The lowest BCUT2D eigenvalue weighted by Crippen LogP contribution is -2.20. The van der Waals surface area contributed by atoms with E-state index in [1.165, 1.54) is 5.56 Å². The number of aromatic nitrogens is 1. The molecule has 1 heterocycles. The topological polar surface area (TPSA) is 48.1 Å². The fourth-order valence-corrected chi connectivity index (χ4v) is 2.11. The van der Waals surface area contributed by atoms with Crippen LogP contribution in [0.25, 0.3) is 10.9 Å². The molecule has 96 valence electrons. The van der Waals surface area contributed by atoms with E-state index in [2.05, 4.69) is 30.1 Å². The molecule has 2 unspecified atom stereocenters. The zero-order valence-corrected chi connectivity index (χ0v) is 11.0. The monoisotopic (exact) mass is 244 g/mol. The molecule has 0 spiro atoms. The van der Waals surface area contributed by atoms with E-state index < -0.39 is 0 Å². The highest BCUT2D eigenvalue weighted by Crippen LogP contribution is 2.24. The van der Waals surface area contributed by atoms with Gasteiger partial charge in [-0.1, -0.05) is 19.1 Å². The Bertz CT molecular complexity index is 513. The molecule has 0 radical (unpaired) electrons. The number of methoxy groups -OCH3 is 1. The largest absolute Gasteiger partial charge is 0.385 e. The maximum Gasteiger partial charge on any atom is 0.0702 e. The lowest BCUT2D eigenvalue weighted by Gasteiger charge is -2.20. The zero-order valence-electron chi connectivity index (χ0n) is 11.0. The molecule has 0 aliphatic heterocycles. The van der Waals surface area contributed by atoms with Gasteiger partial charge in [0.05, 0.1) is 5.52 Å². The van der Waals surface area contributed by atoms with Crippen molar-refractivity contribution in [3.8, 4) is 0 Å². The van der Waals surface area contributed by atoms with Gasteiger partial charge >= 0.3 is 0 Å². The maximum absolute atomic E-state index is 6.29. The number of pyridine rings is 1. The summed E-state index contributed by atoms with van der Waals surface area (Å²) in [6.45, 7) is 2.92. The molecular formula is C15H20N2O. The number of nitrogens with two attached hydrogens (primary N) is 1. The average Bonchev–Trinajstić information content (AvgIpc) is 2.43. The maximum atomic E-state index is 6.29. The number of fused-ring (bicyclic) bond motifs is 1. The van der Waals surface area contributed by atoms with Crippen LogP contribution in [0.15, 0.2) is 36.5 Å². The van der Waals surface area contributed by atoms with Crippen LogP contribution in [0.5, 0.6) is 0 Å². The first-order valence-corrected chi connectivity index (χ1v) is 6.31. The van der Waals surface area contributed by atoms with E-state index >= 15 is 0 Å². The van der Waals surface area contributed by atoms with Crippen molar-refractivity contribution in [2.45, 2.75) is 19.4 Å². The van der Waals surface area contributed by atoms with E-state index in [-0.39, 0.29) is 6.04 Å². The molecule has 1 aromatic heterocycles. The highest BCUT2D eigenvalue weighted by Gasteiger charge is 2.14. The van der Waals surface area contributed by atoms with Gasteiger partial charge in [0.1, 0.15) is 0 Å². The Kier molecular flexibility index (Phi) is 4.28. The third kappa shape index (κ3) is 2.86. The zero-order chi connectivity index (χ0) is 13.0. The van der Waals surface area contributed by atoms with Crippen molar-refractivity contribution in [3.05, 3.63) is 42.1 Å². The normalized spacial score (nSPS) is 14.6. The average molecular weight is 244 g/mol. The minimum Gasteiger partial charge on any atom is -0.385 e. The van der Waals surface area contributed by atoms with Gasteiger partial charge in [0.25, 0.3) is 0 Å². The predicted molar refractivity (Wildman–Crippen MR) is 74.3 cm³/mol. The minimum atomic E-state index is 0.0461. The van der Waals surface area contributed by atoms with Crippen LogP contribution in [0.2, 0.25) is 0 Å². The molecule has 0 fully saturated rings. The van der Waals surface area contributed by atoms with Crippen LogP contribution >= 0.6 is 0 Å². The molecule has 18 heavy (non-hydrogen) atoms. The summed E-state index contributed by atoms with van der Waals surface area (Å²) in [6.07, 6.45) is 2.78. The molecule has 3 heteroatoms. The first-order chi connectivity index (χ1) is 8.72. The Morgan fingerprint density at radius 3 is 2.94 bits per heavy atom. The summed E-state index contributed by atoms with van der Waals surface area (Å²) in [5.41, 5.74) is 8.47. The summed E-state index contributed by atoms with van der Waals surface area (Å²) >= 11 is 0. The van der Waals surface area contributed by atoms with Crippen molar-refractivity contribution >= 4 is 10.9 Å². The third-order valence-corrected chi connectivity index (χ3v) is 3.40. The smallest absolute Gasteiger partial charge is 0.0702 e. The molecule has 0 saturated carbocycles. The second kappa shape index (κ2) is 5.94. The standard InChI is InChI=1S/C15H20N2O/c1-11(7-9-18-2)15(16)13-5-6-14-12(10-13)4-3-8-17-14/h3-6,8,10-11,15H,7,9,16H2,1-2H3. The van der Waals surface area contributed by atoms with Gasteiger partial charge in [0.2, 0.25) is 0 Å². The number of rotatable bonds is 5. The second-order valence-electron chi connectivity index (χ2n) is 4.74. The van der Waals surface area contributed by atoms with Gasteiger partial charge < -0.3 is 10.5 Å². The molecule has 0 aliphatic rings. The van der Waals surface area contributed by atoms with Crippen molar-refractivity contribution in [1.29, 1.82) is 0 Å². The molecule has 3 nitrogen and oxygen atoms in total. The van der Waals surface area contributed by atoms with Crippen LogP contribution in [0.1, 0.15) is 24.9 Å². The minimum absolute atomic E-state index is 0.0461. The molecule has 2 rings (SSSR count). The summed E-state index contributed by atoms with van der Waals surface area (Å²) in [5.74, 6) is 0.402. The summed E-state index contributed by atoms with van der Waals surface area (Å²) in [7, 11) is 1.72. The first kappa shape index (κ1) is 13.0. The van der Waals surface area contributed by atoms with Gasteiger partial charge in [-0.2, -0.15) is 0 Å². The molecule has 0 aliphatic carbocycles. The van der Waals surface area contributed by atoms with Gasteiger partial charge in [0, 0.05) is 31.3 Å². The van der Waals surface area contributed by atoms with Crippen LogP contribution in [0.4, 0.5) is 0 Å². The van der Waals surface area contributed by atoms with Crippen molar-refractivity contribution in [3.63, 3.8) is 0 Å². The predicted octanol–water partition coefficient (Wildman–Crippen LogP) is 2.91. The number of nitrogens with zero attached hydrogens (tertiary/aromatic N) is 1. The number of ether oxygens (including phenoxy) is 1. The van der Waals surface area contributed by atoms with Crippen LogP contribution in [0, 0.1) is 5.92 Å². The number of hydrogen-bond donors (Lipinski definition) is 1. The Labute approximate surface area is 108 Å². The van der Waals surface area contributed by atoms with Crippen LogP contribution in [0.3, 0.4) is 0 Å². The summed E-state index contributed by atoms with van der Waals surface area (Å²) < 4.78 is 5.10. The number of hydrogen-bond acceptors (Lipinski definition) is 3. The lowest BCUT2D eigenvalue weighted by molar-refractivity contribution is 0.174. The Morgan fingerprint density at radius 1 is 1.33 bits per heavy atom. The van der Waals surface area contributed by atoms with Gasteiger partial charge in [0.15, 0.2) is 0 Å². The molecule has 2 atom stereocenters. The molecule has 0 amide bonds. The SMILES string of the molecule is COCCC(C)C(N)c1ccc2ncccc2c1. The molecule has 0 saturated heterocycles. The van der Waals surface area contributed by atoms with Gasteiger partial charge in [-0.25, -0.2) is 0 Å². The molecular weight excluding hydrogens is 224 g/mol. The molecule has 2 N–H and O–H groups in total.